The average molecular weight is 549 g/mol. The summed E-state index contributed by atoms with van der Waals surface area (Å²) in [7, 11) is -2.42. The lowest BCUT2D eigenvalue weighted by Gasteiger charge is -2.38. The van der Waals surface area contributed by atoms with Gasteiger partial charge in [-0.05, 0) is 88.7 Å². The Bertz CT molecular complexity index is 1100. The summed E-state index contributed by atoms with van der Waals surface area (Å²) in [5.41, 5.74) is 6.33. The lowest BCUT2D eigenvalue weighted by atomic mass is 10.0. The standard InChI is InChI=1S/C39H52Si/c1-6-10-13-32-16-23-36(24-17-32)40(39-29-22-35(30-39)31(5)9-4,37-25-18-33(19-26-37)14-11-7-2)38-27-20-34(21-28-38)15-12-8-3/h16-31,39H,6-15H2,1-5H3. The minimum Gasteiger partial charge on any atom is -0.0790 e. The number of unbranched alkanes of at least 4 members (excludes halogenated alkanes) is 3. The fourth-order valence-electron chi connectivity index (χ4n) is 6.39. The summed E-state index contributed by atoms with van der Waals surface area (Å²) in [5.74, 6) is 0.595. The Morgan fingerprint density at radius 3 is 1.27 bits per heavy atom. The first kappa shape index (κ1) is 30.3. The Morgan fingerprint density at radius 2 is 0.950 bits per heavy atom. The van der Waals surface area contributed by atoms with Crippen LogP contribution in [-0.4, -0.2) is 8.07 Å². The number of aryl methyl sites for hydroxylation is 3. The van der Waals surface area contributed by atoms with Crippen molar-refractivity contribution in [1.29, 1.82) is 0 Å². The predicted octanol–water partition coefficient (Wildman–Crippen LogP) is 9.10. The van der Waals surface area contributed by atoms with E-state index in [1.54, 1.807) is 0 Å². The van der Waals surface area contributed by atoms with Crippen LogP contribution in [-0.2, 0) is 19.3 Å². The molecule has 0 heterocycles. The van der Waals surface area contributed by atoms with Crippen molar-refractivity contribution in [2.45, 2.75) is 104 Å². The van der Waals surface area contributed by atoms with Crippen LogP contribution in [0.15, 0.2) is 96.6 Å². The monoisotopic (exact) mass is 548 g/mol. The highest BCUT2D eigenvalue weighted by Crippen LogP contribution is 2.35. The molecule has 1 aliphatic carbocycles. The molecule has 40 heavy (non-hydrogen) atoms. The van der Waals surface area contributed by atoms with Gasteiger partial charge in [0.25, 0.3) is 0 Å². The summed E-state index contributed by atoms with van der Waals surface area (Å²) in [6.07, 6.45) is 19.8. The summed E-state index contributed by atoms with van der Waals surface area (Å²) in [4.78, 5) is 0. The molecule has 0 saturated heterocycles. The largest absolute Gasteiger partial charge is 0.158 e. The van der Waals surface area contributed by atoms with Gasteiger partial charge in [-0.3, -0.25) is 0 Å². The number of allylic oxidation sites excluding steroid dienone is 4. The minimum atomic E-state index is -2.42. The molecule has 0 nitrogen and oxygen atoms in total. The van der Waals surface area contributed by atoms with E-state index in [0.29, 0.717) is 11.5 Å². The molecule has 1 aliphatic rings. The molecule has 1 heteroatoms. The number of hydrogen-bond donors (Lipinski definition) is 0. The van der Waals surface area contributed by atoms with Crippen molar-refractivity contribution in [3.05, 3.63) is 113 Å². The quantitative estimate of drug-likeness (QED) is 0.131. The van der Waals surface area contributed by atoms with Crippen LogP contribution in [0.25, 0.3) is 0 Å². The zero-order valence-corrected chi connectivity index (χ0v) is 26.9. The first-order chi connectivity index (χ1) is 19.6. The fourth-order valence-corrected chi connectivity index (χ4v) is 11.4. The summed E-state index contributed by atoms with van der Waals surface area (Å²) in [5, 5.41) is 4.60. The molecule has 2 atom stereocenters. The van der Waals surface area contributed by atoms with E-state index in [2.05, 4.69) is 126 Å². The lowest BCUT2D eigenvalue weighted by Crippen LogP contribution is -2.69. The third-order valence-corrected chi connectivity index (χ3v) is 14.3. The summed E-state index contributed by atoms with van der Waals surface area (Å²) in [6, 6.07) is 29.5. The number of benzene rings is 3. The molecular weight excluding hydrogens is 497 g/mol. The molecule has 0 fully saturated rings. The molecule has 4 rings (SSSR count). The van der Waals surface area contributed by atoms with Crippen molar-refractivity contribution in [2.24, 2.45) is 5.92 Å². The van der Waals surface area contributed by atoms with Crippen molar-refractivity contribution in [3.8, 4) is 0 Å². The normalized spacial score (nSPS) is 15.8. The Balaban J connectivity index is 1.91. The van der Waals surface area contributed by atoms with Gasteiger partial charge in [0.1, 0.15) is 0 Å². The van der Waals surface area contributed by atoms with Gasteiger partial charge in [-0.25, -0.2) is 0 Å². The van der Waals surface area contributed by atoms with Crippen LogP contribution in [0.1, 0.15) is 96.3 Å². The summed E-state index contributed by atoms with van der Waals surface area (Å²) in [6.45, 7) is 11.6. The van der Waals surface area contributed by atoms with Gasteiger partial charge in [-0.15, -0.1) is 0 Å². The van der Waals surface area contributed by atoms with E-state index in [9.17, 15) is 0 Å². The van der Waals surface area contributed by atoms with Gasteiger partial charge in [0.05, 0.1) is 0 Å². The maximum absolute atomic E-state index is 2.64. The summed E-state index contributed by atoms with van der Waals surface area (Å²) >= 11 is 0. The Labute approximate surface area is 246 Å². The molecule has 3 aromatic carbocycles. The van der Waals surface area contributed by atoms with Crippen molar-refractivity contribution < 1.29 is 0 Å². The van der Waals surface area contributed by atoms with Gasteiger partial charge in [0.15, 0.2) is 8.07 Å². The highest BCUT2D eigenvalue weighted by molar-refractivity contribution is 7.13. The van der Waals surface area contributed by atoms with Crippen molar-refractivity contribution in [3.63, 3.8) is 0 Å². The van der Waals surface area contributed by atoms with E-state index >= 15 is 0 Å². The Morgan fingerprint density at radius 1 is 0.575 bits per heavy atom. The highest BCUT2D eigenvalue weighted by Gasteiger charge is 2.45. The van der Waals surface area contributed by atoms with E-state index < -0.39 is 8.07 Å². The van der Waals surface area contributed by atoms with Gasteiger partial charge in [-0.2, -0.15) is 0 Å². The fraction of sp³-hybridized carbons (Fsp3) is 0.436. The minimum absolute atomic E-state index is 0.404. The topological polar surface area (TPSA) is 0 Å². The molecule has 0 aromatic heterocycles. The molecule has 0 aliphatic heterocycles. The van der Waals surface area contributed by atoms with Gasteiger partial charge < -0.3 is 0 Å². The maximum atomic E-state index is 2.64. The molecule has 212 valence electrons. The second kappa shape index (κ2) is 14.8. The summed E-state index contributed by atoms with van der Waals surface area (Å²) < 4.78 is 0. The van der Waals surface area contributed by atoms with Crippen LogP contribution >= 0.6 is 0 Å². The van der Waals surface area contributed by atoms with Crippen molar-refractivity contribution >= 4 is 23.6 Å². The van der Waals surface area contributed by atoms with E-state index in [-0.39, 0.29) is 0 Å². The van der Waals surface area contributed by atoms with Crippen LogP contribution < -0.4 is 15.6 Å². The Kier molecular flexibility index (Phi) is 11.2. The van der Waals surface area contributed by atoms with Crippen molar-refractivity contribution in [1.82, 2.24) is 0 Å². The number of hydrogen-bond acceptors (Lipinski definition) is 0. The first-order valence-electron chi connectivity index (χ1n) is 16.2. The van der Waals surface area contributed by atoms with Gasteiger partial charge in [0.2, 0.25) is 0 Å². The van der Waals surface area contributed by atoms with Crippen molar-refractivity contribution in [2.75, 3.05) is 0 Å². The highest BCUT2D eigenvalue weighted by atomic mass is 28.3. The number of rotatable bonds is 15. The van der Waals surface area contributed by atoms with Gasteiger partial charge >= 0.3 is 0 Å². The average Bonchev–Trinajstić information content (AvgIpc) is 3.50. The molecule has 2 unspecified atom stereocenters. The molecule has 0 saturated carbocycles. The Hall–Kier alpha value is -2.64. The second-order valence-corrected chi connectivity index (χ2v) is 16.1. The maximum Gasteiger partial charge on any atom is 0.158 e. The van der Waals surface area contributed by atoms with Crippen LogP contribution in [0.5, 0.6) is 0 Å². The van der Waals surface area contributed by atoms with Crippen LogP contribution in [0.2, 0.25) is 5.54 Å². The molecule has 0 N–H and O–H groups in total. The zero-order valence-electron chi connectivity index (χ0n) is 25.9. The smallest absolute Gasteiger partial charge is 0.0790 e. The molecular formula is C39H52Si. The van der Waals surface area contributed by atoms with Gasteiger partial charge in [0, 0.05) is 5.54 Å². The lowest BCUT2D eigenvalue weighted by molar-refractivity contribution is 0.671. The SMILES string of the molecule is CCCCc1ccc([Si](c2ccc(CCCC)cc2)(c2ccc(CCCC)cc2)C2C=CC(C(C)CC)=C2)cc1. The van der Waals surface area contributed by atoms with Crippen LogP contribution in [0, 0.1) is 5.92 Å². The van der Waals surface area contributed by atoms with E-state index in [1.807, 2.05) is 0 Å². The van der Waals surface area contributed by atoms with E-state index in [4.69, 9.17) is 0 Å². The third-order valence-electron chi connectivity index (χ3n) is 9.23. The first-order valence-corrected chi connectivity index (χ1v) is 18.3. The second-order valence-electron chi connectivity index (χ2n) is 12.1. The molecule has 3 aromatic rings. The third kappa shape index (κ3) is 6.80. The van der Waals surface area contributed by atoms with Gasteiger partial charge in [-0.1, -0.05) is 145 Å². The molecule has 0 amide bonds. The van der Waals surface area contributed by atoms with Crippen LogP contribution in [0.3, 0.4) is 0 Å². The molecule has 0 radical (unpaired) electrons. The molecule has 0 spiro atoms. The zero-order chi connectivity index (χ0) is 28.4. The molecule has 0 bridgehead atoms. The van der Waals surface area contributed by atoms with Crippen LogP contribution in [0.4, 0.5) is 0 Å². The predicted molar refractivity (Wildman–Crippen MR) is 180 cm³/mol. The van der Waals surface area contributed by atoms with E-state index in [1.165, 1.54) is 102 Å². The van der Waals surface area contributed by atoms with E-state index in [0.717, 1.165) is 0 Å².